The second-order valence-corrected chi connectivity index (χ2v) is 9.86. The van der Waals surface area contributed by atoms with Gasteiger partial charge in [-0.25, -0.2) is 0 Å². The molecule has 0 saturated heterocycles. The van der Waals surface area contributed by atoms with Crippen LogP contribution in [-0.4, -0.2) is 41.7 Å². The molecule has 0 fully saturated rings. The first-order chi connectivity index (χ1) is 17.5. The third-order valence-corrected chi connectivity index (χ3v) is 7.08. The van der Waals surface area contributed by atoms with Crippen molar-refractivity contribution in [1.82, 2.24) is 10.2 Å². The fourth-order valence-electron chi connectivity index (χ4n) is 3.88. The maximum absolute atomic E-state index is 13.7. The van der Waals surface area contributed by atoms with Gasteiger partial charge in [0.1, 0.15) is 11.8 Å². The van der Waals surface area contributed by atoms with Gasteiger partial charge in [-0.05, 0) is 42.2 Å². The predicted molar refractivity (Wildman–Crippen MR) is 148 cm³/mol. The smallest absolute Gasteiger partial charge is 0.243 e. The van der Waals surface area contributed by atoms with Gasteiger partial charge in [0.15, 0.2) is 0 Å². The first-order valence-electron chi connectivity index (χ1n) is 12.4. The van der Waals surface area contributed by atoms with Crippen LogP contribution in [0.15, 0.2) is 84.9 Å². The molecule has 1 N–H and O–H groups in total. The first-order valence-corrected chi connectivity index (χ1v) is 13.5. The van der Waals surface area contributed by atoms with Gasteiger partial charge < -0.3 is 15.0 Å². The van der Waals surface area contributed by atoms with Crippen molar-refractivity contribution in [3.8, 4) is 5.75 Å². The molecule has 6 heteroatoms. The van der Waals surface area contributed by atoms with E-state index < -0.39 is 6.04 Å². The molecule has 3 rings (SSSR count). The van der Waals surface area contributed by atoms with E-state index in [0.29, 0.717) is 18.7 Å². The lowest BCUT2D eigenvalue weighted by Crippen LogP contribution is -2.52. The molecular formula is C30H36N2O3S. The lowest BCUT2D eigenvalue weighted by atomic mass is 10.0. The molecule has 0 saturated carbocycles. The number of benzene rings is 3. The van der Waals surface area contributed by atoms with E-state index in [9.17, 15) is 9.59 Å². The molecule has 0 unspecified atom stereocenters. The Hall–Kier alpha value is -3.25. The van der Waals surface area contributed by atoms with Crippen LogP contribution >= 0.6 is 11.8 Å². The number of amides is 2. The largest absolute Gasteiger partial charge is 0.497 e. The van der Waals surface area contributed by atoms with Crippen molar-refractivity contribution in [2.24, 2.45) is 0 Å². The Morgan fingerprint density at radius 2 is 1.56 bits per heavy atom. The Labute approximate surface area is 219 Å². The van der Waals surface area contributed by atoms with E-state index >= 15 is 0 Å². The second-order valence-electron chi connectivity index (χ2n) is 8.87. The second kappa shape index (κ2) is 14.3. The minimum absolute atomic E-state index is 0.0250. The molecule has 2 amide bonds. The van der Waals surface area contributed by atoms with Crippen LogP contribution in [0, 0.1) is 0 Å². The van der Waals surface area contributed by atoms with Crippen LogP contribution in [0.3, 0.4) is 0 Å². The van der Waals surface area contributed by atoms with E-state index in [1.165, 1.54) is 5.56 Å². The van der Waals surface area contributed by atoms with Crippen molar-refractivity contribution in [1.29, 1.82) is 0 Å². The summed E-state index contributed by atoms with van der Waals surface area (Å²) in [7, 11) is 1.63. The van der Waals surface area contributed by atoms with Gasteiger partial charge in [0.05, 0.1) is 12.9 Å². The Balaban J connectivity index is 1.87. The van der Waals surface area contributed by atoms with E-state index in [4.69, 9.17) is 4.74 Å². The van der Waals surface area contributed by atoms with Crippen LogP contribution in [0.1, 0.15) is 37.0 Å². The van der Waals surface area contributed by atoms with E-state index in [1.54, 1.807) is 23.8 Å². The highest BCUT2D eigenvalue weighted by atomic mass is 32.2. The number of hydrogen-bond acceptors (Lipinski definition) is 4. The minimum atomic E-state index is -0.627. The molecule has 190 valence electrons. The standard InChI is InChI=1S/C30H36N2O3S/c1-4-23(2)31-30(34)28(19-24-12-7-5-8-13-24)32(20-26-16-11-17-27(18-26)35-3)29(33)22-36-21-25-14-9-6-10-15-25/h5-18,23,28H,4,19-22H2,1-3H3,(H,31,34)/t23-,28-/m0/s1. The Morgan fingerprint density at radius 3 is 2.19 bits per heavy atom. The number of nitrogens with zero attached hydrogens (tertiary/aromatic N) is 1. The topological polar surface area (TPSA) is 58.6 Å². The molecule has 0 aromatic heterocycles. The molecule has 2 atom stereocenters. The normalized spacial score (nSPS) is 12.4. The van der Waals surface area contributed by atoms with Crippen molar-refractivity contribution in [3.63, 3.8) is 0 Å². The summed E-state index contributed by atoms with van der Waals surface area (Å²) in [5, 5.41) is 3.11. The van der Waals surface area contributed by atoms with Gasteiger partial charge in [0.2, 0.25) is 11.8 Å². The van der Waals surface area contributed by atoms with Gasteiger partial charge in [0, 0.05) is 24.8 Å². The van der Waals surface area contributed by atoms with Crippen LogP contribution < -0.4 is 10.1 Å². The number of ether oxygens (including phenoxy) is 1. The molecule has 5 nitrogen and oxygen atoms in total. The number of thioether (sulfide) groups is 1. The van der Waals surface area contributed by atoms with Crippen molar-refractivity contribution in [2.45, 2.75) is 51.1 Å². The van der Waals surface area contributed by atoms with Gasteiger partial charge in [-0.1, -0.05) is 79.7 Å². The third kappa shape index (κ3) is 8.45. The summed E-state index contributed by atoms with van der Waals surface area (Å²) in [4.78, 5) is 28.9. The number of methoxy groups -OCH3 is 1. The zero-order valence-corrected chi connectivity index (χ0v) is 22.2. The quantitative estimate of drug-likeness (QED) is 0.335. The molecule has 36 heavy (non-hydrogen) atoms. The fraction of sp³-hybridized carbons (Fsp3) is 0.333. The molecular weight excluding hydrogens is 468 g/mol. The molecule has 3 aromatic carbocycles. The van der Waals surface area contributed by atoms with E-state index in [-0.39, 0.29) is 17.9 Å². The molecule has 0 radical (unpaired) electrons. The third-order valence-electron chi connectivity index (χ3n) is 6.10. The van der Waals surface area contributed by atoms with Crippen molar-refractivity contribution < 1.29 is 14.3 Å². The van der Waals surface area contributed by atoms with Crippen LogP contribution in [0.25, 0.3) is 0 Å². The van der Waals surface area contributed by atoms with E-state index in [1.807, 2.05) is 86.6 Å². The zero-order chi connectivity index (χ0) is 25.8. The van der Waals surface area contributed by atoms with Crippen LogP contribution in [0.2, 0.25) is 0 Å². The Morgan fingerprint density at radius 1 is 0.917 bits per heavy atom. The predicted octanol–water partition coefficient (Wildman–Crippen LogP) is 5.48. The van der Waals surface area contributed by atoms with Gasteiger partial charge in [0.25, 0.3) is 0 Å². The molecule has 0 aliphatic rings. The summed E-state index contributed by atoms with van der Waals surface area (Å²) in [6.07, 6.45) is 1.27. The molecule has 0 bridgehead atoms. The monoisotopic (exact) mass is 504 g/mol. The van der Waals surface area contributed by atoms with Crippen molar-refractivity contribution in [2.75, 3.05) is 12.9 Å². The molecule has 0 aliphatic carbocycles. The number of rotatable bonds is 13. The van der Waals surface area contributed by atoms with Gasteiger partial charge >= 0.3 is 0 Å². The number of hydrogen-bond donors (Lipinski definition) is 1. The zero-order valence-electron chi connectivity index (χ0n) is 21.4. The maximum atomic E-state index is 13.7. The maximum Gasteiger partial charge on any atom is 0.243 e. The SMILES string of the molecule is CC[C@H](C)NC(=O)[C@H](Cc1ccccc1)N(Cc1cccc(OC)c1)C(=O)CSCc1ccccc1. The minimum Gasteiger partial charge on any atom is -0.497 e. The first kappa shape index (κ1) is 27.3. The summed E-state index contributed by atoms with van der Waals surface area (Å²) in [5.41, 5.74) is 3.11. The van der Waals surface area contributed by atoms with Crippen LogP contribution in [0.5, 0.6) is 5.75 Å². The van der Waals surface area contributed by atoms with Crippen molar-refractivity contribution in [3.05, 3.63) is 102 Å². The lowest BCUT2D eigenvalue weighted by Gasteiger charge is -2.32. The number of nitrogens with one attached hydrogen (secondary N) is 1. The highest BCUT2D eigenvalue weighted by Gasteiger charge is 2.31. The lowest BCUT2D eigenvalue weighted by molar-refractivity contribution is -0.139. The summed E-state index contributed by atoms with van der Waals surface area (Å²) in [6.45, 7) is 4.35. The fourth-order valence-corrected chi connectivity index (χ4v) is 4.75. The highest BCUT2D eigenvalue weighted by molar-refractivity contribution is 7.99. The summed E-state index contributed by atoms with van der Waals surface area (Å²) in [5.74, 6) is 1.57. The number of carbonyl (C=O) groups excluding carboxylic acids is 2. The van der Waals surface area contributed by atoms with Gasteiger partial charge in [-0.15, -0.1) is 11.8 Å². The average Bonchev–Trinajstić information content (AvgIpc) is 2.91. The van der Waals surface area contributed by atoms with Gasteiger partial charge in [-0.2, -0.15) is 0 Å². The Bertz CT molecular complexity index is 1090. The average molecular weight is 505 g/mol. The number of carbonyl (C=O) groups is 2. The molecule has 0 heterocycles. The summed E-state index contributed by atoms with van der Waals surface area (Å²) < 4.78 is 5.39. The molecule has 0 aliphatic heterocycles. The van der Waals surface area contributed by atoms with E-state index in [2.05, 4.69) is 17.4 Å². The van der Waals surface area contributed by atoms with Crippen LogP contribution in [-0.2, 0) is 28.3 Å². The van der Waals surface area contributed by atoms with Crippen LogP contribution in [0.4, 0.5) is 0 Å². The molecule has 0 spiro atoms. The van der Waals surface area contributed by atoms with E-state index in [0.717, 1.165) is 29.1 Å². The summed E-state index contributed by atoms with van der Waals surface area (Å²) in [6, 6.07) is 27.1. The summed E-state index contributed by atoms with van der Waals surface area (Å²) >= 11 is 1.57. The Kier molecular flexibility index (Phi) is 10.9. The highest BCUT2D eigenvalue weighted by Crippen LogP contribution is 2.20. The van der Waals surface area contributed by atoms with Crippen molar-refractivity contribution >= 4 is 23.6 Å². The van der Waals surface area contributed by atoms with Gasteiger partial charge in [-0.3, -0.25) is 9.59 Å². The molecule has 3 aromatic rings.